The molecule has 1 N–H and O–H groups in total. The Hall–Kier alpha value is -3.34. The molecule has 0 radical (unpaired) electrons. The normalized spacial score (nSPS) is 15.4. The number of piperazine rings is 1. The lowest BCUT2D eigenvalue weighted by atomic mass is 10.1. The topological polar surface area (TPSA) is 71.1 Å². The summed E-state index contributed by atoms with van der Waals surface area (Å²) in [7, 11) is 0. The van der Waals surface area contributed by atoms with E-state index in [1.807, 2.05) is 4.90 Å². The third-order valence-electron chi connectivity index (χ3n) is 5.21. The fourth-order valence-electron chi connectivity index (χ4n) is 3.46. The van der Waals surface area contributed by atoms with Crippen LogP contribution in [0.1, 0.15) is 17.3 Å². The number of halogens is 4. The van der Waals surface area contributed by atoms with Crippen molar-refractivity contribution in [2.24, 2.45) is 0 Å². The summed E-state index contributed by atoms with van der Waals surface area (Å²) in [6, 6.07) is 10.9. The minimum absolute atomic E-state index is 0.0163. The molecule has 178 valence electrons. The van der Waals surface area contributed by atoms with Gasteiger partial charge in [0.05, 0.1) is 11.6 Å². The molecule has 1 heterocycles. The molecule has 0 aromatic heterocycles. The number of para-hydroxylation sites is 1. The second kappa shape index (κ2) is 11.0. The molecule has 1 aliphatic rings. The number of carbonyl (C=O) groups is 2. The molecule has 11 heteroatoms. The summed E-state index contributed by atoms with van der Waals surface area (Å²) >= 11 is 0. The quantitative estimate of drug-likeness (QED) is 0.598. The number of amides is 2. The minimum atomic E-state index is -3.04. The van der Waals surface area contributed by atoms with E-state index in [4.69, 9.17) is 0 Å². The first-order valence-electron chi connectivity index (χ1n) is 10.2. The molecule has 1 unspecified atom stereocenters. The molecule has 0 saturated carbocycles. The lowest BCUT2D eigenvalue weighted by Crippen LogP contribution is -2.54. The van der Waals surface area contributed by atoms with Crippen LogP contribution in [0.5, 0.6) is 11.5 Å². The number of ether oxygens (including phenoxy) is 2. The van der Waals surface area contributed by atoms with E-state index >= 15 is 0 Å². The van der Waals surface area contributed by atoms with Crippen LogP contribution in [-0.2, 0) is 4.79 Å². The molecule has 3 rings (SSSR count). The van der Waals surface area contributed by atoms with Gasteiger partial charge in [0.15, 0.2) is 0 Å². The molecule has 2 amide bonds. The Morgan fingerprint density at radius 1 is 0.879 bits per heavy atom. The zero-order valence-corrected chi connectivity index (χ0v) is 17.7. The number of anilines is 1. The van der Waals surface area contributed by atoms with Gasteiger partial charge in [0.25, 0.3) is 5.91 Å². The zero-order valence-electron chi connectivity index (χ0n) is 17.7. The summed E-state index contributed by atoms with van der Waals surface area (Å²) in [5.41, 5.74) is 0.481. The van der Waals surface area contributed by atoms with Gasteiger partial charge in [-0.05, 0) is 43.3 Å². The van der Waals surface area contributed by atoms with Crippen LogP contribution in [0.2, 0.25) is 0 Å². The van der Waals surface area contributed by atoms with Crippen LogP contribution in [0, 0.1) is 0 Å². The third kappa shape index (κ3) is 6.58. The van der Waals surface area contributed by atoms with Crippen molar-refractivity contribution in [2.75, 3.05) is 31.5 Å². The highest BCUT2D eigenvalue weighted by atomic mass is 19.3. The van der Waals surface area contributed by atoms with E-state index in [0.717, 1.165) is 0 Å². The van der Waals surface area contributed by atoms with E-state index in [1.54, 1.807) is 13.0 Å². The monoisotopic (exact) mass is 469 g/mol. The summed E-state index contributed by atoms with van der Waals surface area (Å²) < 4.78 is 58.4. The van der Waals surface area contributed by atoms with Gasteiger partial charge >= 0.3 is 13.2 Å². The molecule has 0 bridgehead atoms. The van der Waals surface area contributed by atoms with E-state index in [2.05, 4.69) is 14.8 Å². The van der Waals surface area contributed by atoms with E-state index < -0.39 is 25.2 Å². The lowest BCUT2D eigenvalue weighted by molar-refractivity contribution is -0.121. The summed E-state index contributed by atoms with van der Waals surface area (Å²) in [5.74, 6) is -0.919. The predicted octanol–water partition coefficient (Wildman–Crippen LogP) is 3.67. The van der Waals surface area contributed by atoms with Crippen LogP contribution in [0.25, 0.3) is 0 Å². The van der Waals surface area contributed by atoms with Crippen LogP contribution in [0.15, 0.2) is 48.5 Å². The maximum absolute atomic E-state index is 12.8. The van der Waals surface area contributed by atoms with Crippen LogP contribution in [0.4, 0.5) is 23.2 Å². The Bertz CT molecular complexity index is 951. The first-order valence-corrected chi connectivity index (χ1v) is 10.2. The summed E-state index contributed by atoms with van der Waals surface area (Å²) in [5, 5.41) is 2.71. The maximum atomic E-state index is 12.8. The molecule has 1 atom stereocenters. The summed E-state index contributed by atoms with van der Waals surface area (Å²) in [6.45, 7) is -2.84. The molecule has 1 fully saturated rings. The van der Waals surface area contributed by atoms with Gasteiger partial charge in [-0.15, -0.1) is 0 Å². The number of hydrogen-bond acceptors (Lipinski definition) is 5. The average Bonchev–Trinajstić information content (AvgIpc) is 2.79. The Balaban J connectivity index is 1.54. The standard InChI is InChI=1S/C22H23F4N3O4/c1-14(19(30)27-15-6-8-16(9-7-15)32-21(23)24)28-10-12-29(13-11-28)20(31)17-4-2-3-5-18(17)33-22(25)26/h2-9,14,21-22H,10-13H2,1H3,(H,27,30). The second-order valence-electron chi connectivity index (χ2n) is 7.27. The molecular formula is C22H23F4N3O4. The van der Waals surface area contributed by atoms with Crippen LogP contribution >= 0.6 is 0 Å². The number of alkyl halides is 4. The van der Waals surface area contributed by atoms with Gasteiger partial charge in [-0.25, -0.2) is 0 Å². The number of nitrogens with zero attached hydrogens (tertiary/aromatic N) is 2. The van der Waals surface area contributed by atoms with Gasteiger partial charge in [0.2, 0.25) is 5.91 Å². The first kappa shape index (κ1) is 24.3. The van der Waals surface area contributed by atoms with Crippen molar-refractivity contribution >= 4 is 17.5 Å². The first-order chi connectivity index (χ1) is 15.7. The average molecular weight is 469 g/mol. The Morgan fingerprint density at radius 2 is 1.48 bits per heavy atom. The maximum Gasteiger partial charge on any atom is 0.387 e. The predicted molar refractivity (Wildman–Crippen MR) is 112 cm³/mol. The van der Waals surface area contributed by atoms with E-state index in [1.165, 1.54) is 47.4 Å². The van der Waals surface area contributed by atoms with Crippen molar-refractivity contribution in [3.63, 3.8) is 0 Å². The number of benzene rings is 2. The molecule has 1 aliphatic heterocycles. The van der Waals surface area contributed by atoms with Gasteiger partial charge in [-0.2, -0.15) is 17.6 Å². The van der Waals surface area contributed by atoms with Crippen LogP contribution in [0.3, 0.4) is 0 Å². The summed E-state index contributed by atoms with van der Waals surface area (Å²) in [6.07, 6.45) is 0. The van der Waals surface area contributed by atoms with E-state index in [9.17, 15) is 27.2 Å². The van der Waals surface area contributed by atoms with E-state index in [-0.39, 0.29) is 23.0 Å². The highest BCUT2D eigenvalue weighted by Crippen LogP contribution is 2.23. The molecule has 7 nitrogen and oxygen atoms in total. The lowest BCUT2D eigenvalue weighted by Gasteiger charge is -2.37. The number of carbonyl (C=O) groups excluding carboxylic acids is 2. The Kier molecular flexibility index (Phi) is 8.10. The molecule has 2 aromatic carbocycles. The summed E-state index contributed by atoms with van der Waals surface area (Å²) in [4.78, 5) is 28.8. The van der Waals surface area contributed by atoms with Gasteiger partial charge in [-0.3, -0.25) is 14.5 Å². The Morgan fingerprint density at radius 3 is 2.09 bits per heavy atom. The Labute approximate surface area is 187 Å². The molecular weight excluding hydrogens is 446 g/mol. The van der Waals surface area contributed by atoms with Gasteiger partial charge < -0.3 is 19.7 Å². The fraction of sp³-hybridized carbons (Fsp3) is 0.364. The van der Waals surface area contributed by atoms with Gasteiger partial charge in [-0.1, -0.05) is 12.1 Å². The molecule has 0 aliphatic carbocycles. The number of nitrogens with one attached hydrogen (secondary N) is 1. The zero-order chi connectivity index (χ0) is 24.0. The van der Waals surface area contributed by atoms with Crippen molar-refractivity contribution < 1.29 is 36.6 Å². The van der Waals surface area contributed by atoms with Gasteiger partial charge in [0, 0.05) is 31.9 Å². The highest BCUT2D eigenvalue weighted by molar-refractivity contribution is 5.97. The minimum Gasteiger partial charge on any atom is -0.435 e. The third-order valence-corrected chi connectivity index (χ3v) is 5.21. The molecule has 33 heavy (non-hydrogen) atoms. The molecule has 2 aromatic rings. The van der Waals surface area contributed by atoms with Crippen molar-refractivity contribution in [1.29, 1.82) is 0 Å². The second-order valence-corrected chi connectivity index (χ2v) is 7.27. The molecule has 0 spiro atoms. The fourth-order valence-corrected chi connectivity index (χ4v) is 3.46. The van der Waals surface area contributed by atoms with Crippen molar-refractivity contribution in [2.45, 2.75) is 26.2 Å². The van der Waals surface area contributed by atoms with E-state index in [0.29, 0.717) is 31.9 Å². The smallest absolute Gasteiger partial charge is 0.387 e. The number of rotatable bonds is 8. The van der Waals surface area contributed by atoms with Crippen LogP contribution in [-0.4, -0.2) is 67.1 Å². The largest absolute Gasteiger partial charge is 0.435 e. The highest BCUT2D eigenvalue weighted by Gasteiger charge is 2.29. The van der Waals surface area contributed by atoms with Crippen molar-refractivity contribution in [3.8, 4) is 11.5 Å². The van der Waals surface area contributed by atoms with Crippen molar-refractivity contribution in [1.82, 2.24) is 9.80 Å². The number of hydrogen-bond donors (Lipinski definition) is 1. The van der Waals surface area contributed by atoms with Gasteiger partial charge in [0.1, 0.15) is 11.5 Å². The molecule has 1 saturated heterocycles. The van der Waals surface area contributed by atoms with Crippen molar-refractivity contribution in [3.05, 3.63) is 54.1 Å². The SMILES string of the molecule is CC(C(=O)Nc1ccc(OC(F)F)cc1)N1CCN(C(=O)c2ccccc2OC(F)F)CC1. The van der Waals surface area contributed by atoms with Crippen LogP contribution < -0.4 is 14.8 Å².